The fourth-order valence-corrected chi connectivity index (χ4v) is 5.87. The second kappa shape index (κ2) is 6.43. The van der Waals surface area contributed by atoms with Gasteiger partial charge in [0.1, 0.15) is 9.77 Å². The van der Waals surface area contributed by atoms with Crippen molar-refractivity contribution in [2.75, 3.05) is 26.7 Å². The molecule has 0 aromatic carbocycles. The SMILES string of the molecule is CNCC1CCCN(S(=O)(=O)c2c(C)csc2C(=O)O)C1. The summed E-state index contributed by atoms with van der Waals surface area (Å²) >= 11 is 0.968. The van der Waals surface area contributed by atoms with Gasteiger partial charge in [-0.05, 0) is 50.2 Å². The number of nitrogens with zero attached hydrogens (tertiary/aromatic N) is 1. The number of nitrogens with one attached hydrogen (secondary N) is 1. The lowest BCUT2D eigenvalue weighted by atomic mass is 10.00. The number of hydrogen-bond acceptors (Lipinski definition) is 5. The lowest BCUT2D eigenvalue weighted by Gasteiger charge is -2.32. The van der Waals surface area contributed by atoms with Crippen molar-refractivity contribution in [2.24, 2.45) is 5.92 Å². The quantitative estimate of drug-likeness (QED) is 0.850. The molecule has 2 N–H and O–H groups in total. The van der Waals surface area contributed by atoms with Crippen LogP contribution >= 0.6 is 11.3 Å². The van der Waals surface area contributed by atoms with Crippen LogP contribution in [-0.4, -0.2) is 50.5 Å². The third-order valence-corrected chi connectivity index (χ3v) is 6.95. The van der Waals surface area contributed by atoms with Gasteiger partial charge in [0.2, 0.25) is 10.0 Å². The molecule has 1 atom stereocenters. The Morgan fingerprint density at radius 2 is 2.29 bits per heavy atom. The molecular formula is C13H20N2O4S2. The van der Waals surface area contributed by atoms with E-state index in [0.717, 1.165) is 30.7 Å². The summed E-state index contributed by atoms with van der Waals surface area (Å²) in [7, 11) is -1.89. The first-order chi connectivity index (χ1) is 9.87. The molecule has 6 nitrogen and oxygen atoms in total. The van der Waals surface area contributed by atoms with Crippen LogP contribution in [0.5, 0.6) is 0 Å². The number of piperidine rings is 1. The minimum Gasteiger partial charge on any atom is -0.477 e. The lowest BCUT2D eigenvalue weighted by Crippen LogP contribution is -2.42. The number of rotatable bonds is 5. The molecule has 0 radical (unpaired) electrons. The fourth-order valence-electron chi connectivity index (χ4n) is 2.73. The second-order valence-corrected chi connectivity index (χ2v) is 8.07. The molecule has 1 aromatic heterocycles. The van der Waals surface area contributed by atoms with E-state index in [1.165, 1.54) is 4.31 Å². The summed E-state index contributed by atoms with van der Waals surface area (Å²) in [6.45, 7) is 3.31. The summed E-state index contributed by atoms with van der Waals surface area (Å²) in [4.78, 5) is 11.1. The van der Waals surface area contributed by atoms with Gasteiger partial charge in [-0.3, -0.25) is 0 Å². The van der Waals surface area contributed by atoms with Gasteiger partial charge >= 0.3 is 5.97 Å². The van der Waals surface area contributed by atoms with Gasteiger partial charge in [0, 0.05) is 13.1 Å². The maximum atomic E-state index is 12.8. The van der Waals surface area contributed by atoms with Crippen molar-refractivity contribution in [1.29, 1.82) is 0 Å². The molecule has 21 heavy (non-hydrogen) atoms. The predicted molar refractivity (Wildman–Crippen MR) is 81.4 cm³/mol. The Kier molecular flexibility index (Phi) is 5.03. The van der Waals surface area contributed by atoms with Crippen molar-refractivity contribution < 1.29 is 18.3 Å². The zero-order valence-electron chi connectivity index (χ0n) is 12.1. The normalized spacial score (nSPS) is 20.6. The molecular weight excluding hydrogens is 312 g/mol. The zero-order valence-corrected chi connectivity index (χ0v) is 13.8. The molecule has 118 valence electrons. The van der Waals surface area contributed by atoms with E-state index in [1.54, 1.807) is 12.3 Å². The van der Waals surface area contributed by atoms with Gasteiger partial charge < -0.3 is 10.4 Å². The van der Waals surface area contributed by atoms with E-state index in [-0.39, 0.29) is 15.7 Å². The minimum absolute atomic E-state index is 0.0369. The van der Waals surface area contributed by atoms with Crippen LogP contribution < -0.4 is 5.32 Å². The maximum Gasteiger partial charge on any atom is 0.347 e. The first-order valence-electron chi connectivity index (χ1n) is 6.84. The van der Waals surface area contributed by atoms with Crippen LogP contribution in [0, 0.1) is 12.8 Å². The number of carboxylic acid groups (broad SMARTS) is 1. The van der Waals surface area contributed by atoms with Crippen molar-refractivity contribution in [3.63, 3.8) is 0 Å². The summed E-state index contributed by atoms with van der Waals surface area (Å²) in [5, 5.41) is 13.9. The highest BCUT2D eigenvalue weighted by Gasteiger charge is 2.35. The molecule has 1 fully saturated rings. The summed E-state index contributed by atoms with van der Waals surface area (Å²) < 4.78 is 27.0. The zero-order chi connectivity index (χ0) is 15.6. The lowest BCUT2D eigenvalue weighted by molar-refractivity contribution is 0.0698. The molecule has 0 amide bonds. The van der Waals surface area contributed by atoms with Crippen molar-refractivity contribution in [3.05, 3.63) is 15.8 Å². The smallest absolute Gasteiger partial charge is 0.347 e. The van der Waals surface area contributed by atoms with Crippen LogP contribution in [0.2, 0.25) is 0 Å². The maximum absolute atomic E-state index is 12.8. The van der Waals surface area contributed by atoms with E-state index in [4.69, 9.17) is 0 Å². The summed E-state index contributed by atoms with van der Waals surface area (Å²) in [6, 6.07) is 0. The molecule has 1 saturated heterocycles. The first kappa shape index (κ1) is 16.4. The Labute approximate surface area is 128 Å². The van der Waals surface area contributed by atoms with Crippen molar-refractivity contribution in [2.45, 2.75) is 24.7 Å². The van der Waals surface area contributed by atoms with E-state index < -0.39 is 16.0 Å². The molecule has 2 rings (SSSR count). The van der Waals surface area contributed by atoms with Gasteiger partial charge in [0.15, 0.2) is 0 Å². The number of aryl methyl sites for hydroxylation is 1. The molecule has 0 spiro atoms. The standard InChI is InChI=1S/C13H20N2O4S2/c1-9-8-20-11(13(16)17)12(9)21(18,19)15-5-3-4-10(7-15)6-14-2/h8,10,14H,3-7H2,1-2H3,(H,16,17). The highest BCUT2D eigenvalue weighted by atomic mass is 32.2. The number of carbonyl (C=O) groups is 1. The number of sulfonamides is 1. The summed E-state index contributed by atoms with van der Waals surface area (Å²) in [6.07, 6.45) is 1.79. The molecule has 0 aliphatic carbocycles. The summed E-state index contributed by atoms with van der Waals surface area (Å²) in [5.74, 6) is -0.916. The van der Waals surface area contributed by atoms with Crippen LogP contribution in [0.3, 0.4) is 0 Å². The first-order valence-corrected chi connectivity index (χ1v) is 9.16. The monoisotopic (exact) mass is 332 g/mol. The van der Waals surface area contributed by atoms with Crippen LogP contribution in [0.15, 0.2) is 10.3 Å². The number of aromatic carboxylic acids is 1. The van der Waals surface area contributed by atoms with Crippen molar-refractivity contribution in [3.8, 4) is 0 Å². The molecule has 1 aliphatic heterocycles. The van der Waals surface area contributed by atoms with Crippen molar-refractivity contribution >= 4 is 27.3 Å². The average Bonchev–Trinajstić information content (AvgIpc) is 2.82. The van der Waals surface area contributed by atoms with Gasteiger partial charge in [-0.1, -0.05) is 0 Å². The third kappa shape index (κ3) is 3.28. The van der Waals surface area contributed by atoms with E-state index in [1.807, 2.05) is 7.05 Å². The second-order valence-electron chi connectivity index (χ2n) is 5.31. The van der Waals surface area contributed by atoms with E-state index in [2.05, 4.69) is 5.32 Å². The Balaban J connectivity index is 2.34. The van der Waals surface area contributed by atoms with E-state index in [0.29, 0.717) is 18.7 Å². The Bertz CT molecular complexity index is 622. The van der Waals surface area contributed by atoms with E-state index >= 15 is 0 Å². The Morgan fingerprint density at radius 3 is 2.90 bits per heavy atom. The van der Waals surface area contributed by atoms with Gasteiger partial charge in [0.05, 0.1) is 0 Å². The molecule has 1 aliphatic rings. The fraction of sp³-hybridized carbons (Fsp3) is 0.615. The Hall–Kier alpha value is -0.960. The highest BCUT2D eigenvalue weighted by Crippen LogP contribution is 2.31. The van der Waals surface area contributed by atoms with Crippen molar-refractivity contribution in [1.82, 2.24) is 9.62 Å². The van der Waals surface area contributed by atoms with Crippen LogP contribution in [0.25, 0.3) is 0 Å². The number of thiophene rings is 1. The van der Waals surface area contributed by atoms with Gasteiger partial charge in [-0.15, -0.1) is 11.3 Å². The summed E-state index contributed by atoms with van der Waals surface area (Å²) in [5.41, 5.74) is 0.508. The topological polar surface area (TPSA) is 86.7 Å². The Morgan fingerprint density at radius 1 is 1.57 bits per heavy atom. The molecule has 0 bridgehead atoms. The molecule has 1 unspecified atom stereocenters. The molecule has 8 heteroatoms. The van der Waals surface area contributed by atoms with E-state index in [9.17, 15) is 18.3 Å². The molecule has 1 aromatic rings. The minimum atomic E-state index is -3.74. The van der Waals surface area contributed by atoms with Crippen LogP contribution in [0.4, 0.5) is 0 Å². The average molecular weight is 332 g/mol. The molecule has 2 heterocycles. The van der Waals surface area contributed by atoms with Gasteiger partial charge in [0.25, 0.3) is 0 Å². The predicted octanol–water partition coefficient (Wildman–Crippen LogP) is 1.37. The number of hydrogen-bond donors (Lipinski definition) is 2. The largest absolute Gasteiger partial charge is 0.477 e. The third-order valence-electron chi connectivity index (χ3n) is 3.68. The van der Waals surface area contributed by atoms with Crippen LogP contribution in [0.1, 0.15) is 28.1 Å². The van der Waals surface area contributed by atoms with Gasteiger partial charge in [-0.2, -0.15) is 4.31 Å². The highest BCUT2D eigenvalue weighted by molar-refractivity contribution is 7.89. The number of carboxylic acids is 1. The molecule has 0 saturated carbocycles. The van der Waals surface area contributed by atoms with Crippen LogP contribution in [-0.2, 0) is 10.0 Å². The van der Waals surface area contributed by atoms with Gasteiger partial charge in [-0.25, -0.2) is 13.2 Å².